The Morgan fingerprint density at radius 2 is 2.00 bits per heavy atom. The maximum atomic E-state index is 5.74. The predicted molar refractivity (Wildman–Crippen MR) is 38.7 cm³/mol. The van der Waals surface area contributed by atoms with Gasteiger partial charge in [0.2, 0.25) is 0 Å². The van der Waals surface area contributed by atoms with Crippen LogP contribution < -0.4 is 5.73 Å². The van der Waals surface area contributed by atoms with Gasteiger partial charge in [0.15, 0.2) is 0 Å². The first-order valence-corrected chi connectivity index (χ1v) is 3.14. The van der Waals surface area contributed by atoms with E-state index in [1.807, 2.05) is 0 Å². The van der Waals surface area contributed by atoms with Gasteiger partial charge in [-0.2, -0.15) is 0 Å². The molecule has 0 amide bonds. The minimum absolute atomic E-state index is 0. The molecule has 2 atom stereocenters. The number of halogens is 2. The van der Waals surface area contributed by atoms with Crippen LogP contribution in [0.4, 0.5) is 0 Å². The van der Waals surface area contributed by atoms with E-state index in [9.17, 15) is 0 Å². The summed E-state index contributed by atoms with van der Waals surface area (Å²) in [6.45, 7) is 0. The van der Waals surface area contributed by atoms with Crippen molar-refractivity contribution in [2.45, 2.75) is 30.7 Å². The lowest BCUT2D eigenvalue weighted by atomic mass is 10.3. The molecule has 0 aromatic rings. The summed E-state index contributed by atoms with van der Waals surface area (Å²) in [4.78, 5) is 0. The smallest absolute Gasteiger partial charge is 0.0487 e. The fourth-order valence-corrected chi connectivity index (χ4v) is 1.22. The van der Waals surface area contributed by atoms with Crippen LogP contribution in [-0.2, 0) is 0 Å². The lowest BCUT2D eigenvalue weighted by Crippen LogP contribution is -2.24. The molecule has 0 aliphatic heterocycles. The number of hydrogen-bond donors (Lipinski definition) is 1. The van der Waals surface area contributed by atoms with Crippen LogP contribution in [0, 0.1) is 0 Å². The molecule has 1 aliphatic carbocycles. The Kier molecular flexibility index (Phi) is 3.78. The van der Waals surface area contributed by atoms with Gasteiger partial charge in [0.1, 0.15) is 0 Å². The van der Waals surface area contributed by atoms with Crippen LogP contribution in [0.1, 0.15) is 19.3 Å². The van der Waals surface area contributed by atoms with Crippen molar-refractivity contribution in [2.24, 2.45) is 5.73 Å². The third-order valence-corrected chi connectivity index (χ3v) is 2.02. The molecular formula is C5H11Cl2N. The van der Waals surface area contributed by atoms with Gasteiger partial charge in [-0.1, -0.05) is 6.42 Å². The molecule has 0 spiro atoms. The molecule has 2 N–H and O–H groups in total. The average Bonchev–Trinajstić information content (AvgIpc) is 1.91. The van der Waals surface area contributed by atoms with Gasteiger partial charge in [-0.25, -0.2) is 0 Å². The van der Waals surface area contributed by atoms with E-state index in [0.717, 1.165) is 12.8 Å². The van der Waals surface area contributed by atoms with E-state index in [2.05, 4.69) is 0 Å². The highest BCUT2D eigenvalue weighted by Gasteiger charge is 2.20. The maximum Gasteiger partial charge on any atom is 0.0487 e. The largest absolute Gasteiger partial charge is 0.326 e. The van der Waals surface area contributed by atoms with Crippen molar-refractivity contribution in [1.82, 2.24) is 0 Å². The SMILES string of the molecule is Cl.NC1CCCC1Cl. The quantitative estimate of drug-likeness (QED) is 0.528. The summed E-state index contributed by atoms with van der Waals surface area (Å²) < 4.78 is 0. The lowest BCUT2D eigenvalue weighted by molar-refractivity contribution is 0.710. The van der Waals surface area contributed by atoms with Gasteiger partial charge in [-0.05, 0) is 12.8 Å². The molecule has 0 aromatic carbocycles. The molecule has 0 radical (unpaired) electrons. The molecule has 0 bridgehead atoms. The van der Waals surface area contributed by atoms with Gasteiger partial charge in [-0.15, -0.1) is 24.0 Å². The highest BCUT2D eigenvalue weighted by Crippen LogP contribution is 2.21. The number of hydrogen-bond acceptors (Lipinski definition) is 1. The molecule has 1 aliphatic rings. The molecule has 1 fully saturated rings. The van der Waals surface area contributed by atoms with Crippen molar-refractivity contribution in [3.63, 3.8) is 0 Å². The van der Waals surface area contributed by atoms with Crippen LogP contribution in [-0.4, -0.2) is 11.4 Å². The highest BCUT2D eigenvalue weighted by atomic mass is 35.5. The average molecular weight is 156 g/mol. The van der Waals surface area contributed by atoms with Crippen LogP contribution in [0.25, 0.3) is 0 Å². The molecule has 1 nitrogen and oxygen atoms in total. The third-order valence-electron chi connectivity index (χ3n) is 1.48. The predicted octanol–water partition coefficient (Wildman–Crippen LogP) is 1.53. The van der Waals surface area contributed by atoms with E-state index >= 15 is 0 Å². The van der Waals surface area contributed by atoms with Crippen molar-refractivity contribution in [1.29, 1.82) is 0 Å². The second-order valence-corrected chi connectivity index (χ2v) is 2.67. The van der Waals surface area contributed by atoms with E-state index in [-0.39, 0.29) is 23.8 Å². The Labute approximate surface area is 61.0 Å². The molecule has 0 aromatic heterocycles. The van der Waals surface area contributed by atoms with Crippen LogP contribution in [0.2, 0.25) is 0 Å². The fourth-order valence-electron chi connectivity index (χ4n) is 0.943. The standard InChI is InChI=1S/C5H10ClN.ClH/c6-4-2-1-3-5(4)7;/h4-5H,1-3,7H2;1H. The minimum atomic E-state index is 0. The minimum Gasteiger partial charge on any atom is -0.326 e. The monoisotopic (exact) mass is 155 g/mol. The normalized spacial score (nSPS) is 36.8. The van der Waals surface area contributed by atoms with Crippen LogP contribution >= 0.6 is 24.0 Å². The van der Waals surface area contributed by atoms with Crippen molar-refractivity contribution < 1.29 is 0 Å². The second kappa shape index (κ2) is 3.54. The van der Waals surface area contributed by atoms with E-state index in [1.165, 1.54) is 6.42 Å². The molecule has 3 heteroatoms. The Morgan fingerprint density at radius 1 is 1.38 bits per heavy atom. The van der Waals surface area contributed by atoms with Crippen LogP contribution in [0.5, 0.6) is 0 Å². The first-order valence-electron chi connectivity index (χ1n) is 2.70. The number of rotatable bonds is 0. The van der Waals surface area contributed by atoms with Gasteiger partial charge in [0, 0.05) is 11.4 Å². The zero-order valence-electron chi connectivity index (χ0n) is 4.64. The van der Waals surface area contributed by atoms with Crippen LogP contribution in [0.3, 0.4) is 0 Å². The Bertz CT molecular complexity index is 59.4. The lowest BCUT2D eigenvalue weighted by Gasteiger charge is -2.03. The summed E-state index contributed by atoms with van der Waals surface area (Å²) in [7, 11) is 0. The van der Waals surface area contributed by atoms with Gasteiger partial charge in [0.05, 0.1) is 0 Å². The maximum absolute atomic E-state index is 5.74. The molecule has 0 saturated heterocycles. The molecule has 1 saturated carbocycles. The molecular weight excluding hydrogens is 145 g/mol. The first kappa shape index (κ1) is 8.54. The number of alkyl halides is 1. The van der Waals surface area contributed by atoms with E-state index in [0.29, 0.717) is 0 Å². The Balaban J connectivity index is 0.000000490. The molecule has 0 heterocycles. The van der Waals surface area contributed by atoms with E-state index < -0.39 is 0 Å². The van der Waals surface area contributed by atoms with Gasteiger partial charge < -0.3 is 5.73 Å². The zero-order valence-corrected chi connectivity index (χ0v) is 6.21. The molecule has 1 rings (SSSR count). The second-order valence-electron chi connectivity index (χ2n) is 2.11. The van der Waals surface area contributed by atoms with Crippen molar-refractivity contribution in [2.75, 3.05) is 0 Å². The summed E-state index contributed by atoms with van der Waals surface area (Å²) >= 11 is 5.74. The summed E-state index contributed by atoms with van der Waals surface area (Å²) in [5.41, 5.74) is 5.55. The Hall–Kier alpha value is 0.540. The van der Waals surface area contributed by atoms with Gasteiger partial charge in [0.25, 0.3) is 0 Å². The molecule has 8 heavy (non-hydrogen) atoms. The van der Waals surface area contributed by atoms with E-state index in [1.54, 1.807) is 0 Å². The highest BCUT2D eigenvalue weighted by molar-refractivity contribution is 6.21. The van der Waals surface area contributed by atoms with Crippen molar-refractivity contribution in [3.05, 3.63) is 0 Å². The van der Waals surface area contributed by atoms with E-state index in [4.69, 9.17) is 17.3 Å². The van der Waals surface area contributed by atoms with Crippen molar-refractivity contribution in [3.8, 4) is 0 Å². The third kappa shape index (κ3) is 1.81. The van der Waals surface area contributed by atoms with Gasteiger partial charge >= 0.3 is 0 Å². The summed E-state index contributed by atoms with van der Waals surface area (Å²) in [6.07, 6.45) is 3.45. The first-order chi connectivity index (χ1) is 3.30. The number of nitrogens with two attached hydrogens (primary N) is 1. The summed E-state index contributed by atoms with van der Waals surface area (Å²) in [6, 6.07) is 0.279. The molecule has 50 valence electrons. The van der Waals surface area contributed by atoms with Gasteiger partial charge in [-0.3, -0.25) is 0 Å². The topological polar surface area (TPSA) is 26.0 Å². The summed E-state index contributed by atoms with van der Waals surface area (Å²) in [5, 5.41) is 0.264. The fraction of sp³-hybridized carbons (Fsp3) is 1.00. The summed E-state index contributed by atoms with van der Waals surface area (Å²) in [5.74, 6) is 0. The van der Waals surface area contributed by atoms with Crippen molar-refractivity contribution >= 4 is 24.0 Å². The Morgan fingerprint density at radius 3 is 2.12 bits per heavy atom. The zero-order chi connectivity index (χ0) is 5.28. The molecule has 2 unspecified atom stereocenters. The van der Waals surface area contributed by atoms with Crippen LogP contribution in [0.15, 0.2) is 0 Å².